The maximum Gasteiger partial charge on any atom is 0.335 e. The SMILES string of the molecule is C[C@@H]1OC(O[C@H]2C(O[C@H]3C(O[C@H]4CC[C@@]5(C)C(CC6C[C@@]6(C)[C@]6(C)C5CC=C5C7CC(C)(C)C[C@@H](O)[C@]7(C)CC[C@]56C)C4(C)C)O[C@H](C(=O)O)[C@@H](O)[C@@H]3O)O[C@H](CO)[C@H](O)[C@@H]2OC2O[C@H](CO)[C@@H](O)[C@H](O)[C@H]2O)[C@H](O)[C@H](O)[C@H]1O. The lowest BCUT2D eigenvalue weighted by Gasteiger charge is -2.70. The first-order valence-corrected chi connectivity index (χ1v) is 29.0. The fourth-order valence-electron chi connectivity index (χ4n) is 18.2. The number of hydrogen-bond acceptors (Lipinski definition) is 21. The van der Waals surface area contributed by atoms with Gasteiger partial charge in [0.05, 0.1) is 31.5 Å². The second-order valence-corrected chi connectivity index (χ2v) is 28.4. The molecule has 452 valence electrons. The van der Waals surface area contributed by atoms with Crippen molar-refractivity contribution < 1.29 is 109 Å². The van der Waals surface area contributed by atoms with Gasteiger partial charge in [-0.05, 0) is 121 Å². The van der Waals surface area contributed by atoms with E-state index in [-0.39, 0.29) is 56.3 Å². The van der Waals surface area contributed by atoms with Crippen molar-refractivity contribution in [1.82, 2.24) is 0 Å². The molecule has 22 heteroatoms. The molecule has 4 heterocycles. The van der Waals surface area contributed by atoms with Gasteiger partial charge in [-0.25, -0.2) is 4.79 Å². The minimum absolute atomic E-state index is 0.000430. The molecule has 10 rings (SSSR count). The molecule has 10 aliphatic rings. The molecule has 79 heavy (non-hydrogen) atoms. The van der Waals surface area contributed by atoms with Gasteiger partial charge < -0.3 is 104 Å². The third kappa shape index (κ3) is 9.29. The normalized spacial score (nSPS) is 56.8. The van der Waals surface area contributed by atoms with Gasteiger partial charge in [0.1, 0.15) is 85.5 Å². The zero-order valence-corrected chi connectivity index (χ0v) is 47.4. The number of carboxylic acids is 1. The van der Waals surface area contributed by atoms with Crippen LogP contribution in [0.2, 0.25) is 0 Å². The predicted molar refractivity (Wildman–Crippen MR) is 273 cm³/mol. The Kier molecular flexibility index (Phi) is 16.0. The molecule has 0 aromatic rings. The first kappa shape index (κ1) is 60.5. The zero-order valence-electron chi connectivity index (χ0n) is 47.4. The minimum Gasteiger partial charge on any atom is -0.479 e. The number of aliphatic hydroxyl groups is 12. The van der Waals surface area contributed by atoms with Crippen LogP contribution in [0.25, 0.3) is 0 Å². The Labute approximate surface area is 462 Å². The summed E-state index contributed by atoms with van der Waals surface area (Å²) in [6.07, 6.45) is -27.6. The van der Waals surface area contributed by atoms with Crippen LogP contribution in [0.5, 0.6) is 0 Å². The van der Waals surface area contributed by atoms with Gasteiger partial charge in [0.25, 0.3) is 0 Å². The van der Waals surface area contributed by atoms with Crippen LogP contribution in [0.4, 0.5) is 0 Å². The Morgan fingerprint density at radius 3 is 1.81 bits per heavy atom. The Bertz CT molecular complexity index is 2270. The number of hydrogen-bond donors (Lipinski definition) is 13. The molecule has 0 aromatic heterocycles. The van der Waals surface area contributed by atoms with Crippen LogP contribution in [0.3, 0.4) is 0 Å². The van der Waals surface area contributed by atoms with Gasteiger partial charge in [-0.1, -0.05) is 74.0 Å². The first-order chi connectivity index (χ1) is 36.8. The van der Waals surface area contributed by atoms with E-state index in [2.05, 4.69) is 68.4 Å². The summed E-state index contributed by atoms with van der Waals surface area (Å²) in [5, 5.41) is 143. The quantitative estimate of drug-likeness (QED) is 0.123. The molecule has 0 amide bonds. The van der Waals surface area contributed by atoms with Gasteiger partial charge in [-0.15, -0.1) is 0 Å². The predicted octanol–water partition coefficient (Wildman–Crippen LogP) is 0.193. The molecule has 31 atom stereocenters. The molecule has 0 bridgehead atoms. The number of aliphatic carboxylic acids is 1. The van der Waals surface area contributed by atoms with Gasteiger partial charge in [0.15, 0.2) is 31.3 Å². The van der Waals surface area contributed by atoms with Gasteiger partial charge >= 0.3 is 5.97 Å². The third-order valence-corrected chi connectivity index (χ3v) is 23.5. The van der Waals surface area contributed by atoms with Crippen LogP contribution < -0.4 is 0 Å². The highest BCUT2D eigenvalue weighted by molar-refractivity contribution is 5.73. The van der Waals surface area contributed by atoms with E-state index >= 15 is 0 Å². The monoisotopic (exact) mass is 1130 g/mol. The van der Waals surface area contributed by atoms with Crippen molar-refractivity contribution in [2.75, 3.05) is 13.2 Å². The molecule has 4 saturated heterocycles. The molecule has 13 N–H and O–H groups in total. The van der Waals surface area contributed by atoms with Crippen LogP contribution in [0.1, 0.15) is 127 Å². The number of carbonyl (C=O) groups is 1. The lowest BCUT2D eigenvalue weighted by molar-refractivity contribution is -0.410. The van der Waals surface area contributed by atoms with Crippen molar-refractivity contribution in [3.8, 4) is 0 Å². The highest BCUT2D eigenvalue weighted by Gasteiger charge is 2.78. The van der Waals surface area contributed by atoms with Gasteiger partial charge in [-0.3, -0.25) is 0 Å². The number of carboxylic acid groups (broad SMARTS) is 1. The van der Waals surface area contributed by atoms with E-state index in [1.165, 1.54) is 12.5 Å². The highest BCUT2D eigenvalue weighted by atomic mass is 16.8. The summed E-state index contributed by atoms with van der Waals surface area (Å²) < 4.78 is 49.5. The molecular formula is C57H92O22. The second-order valence-electron chi connectivity index (χ2n) is 28.4. The van der Waals surface area contributed by atoms with Crippen molar-refractivity contribution in [2.24, 2.45) is 61.6 Å². The minimum atomic E-state index is -2.13. The van der Waals surface area contributed by atoms with Crippen molar-refractivity contribution in [1.29, 1.82) is 0 Å². The van der Waals surface area contributed by atoms with Gasteiger partial charge in [0.2, 0.25) is 0 Å². The van der Waals surface area contributed by atoms with Gasteiger partial charge in [0, 0.05) is 5.41 Å². The number of allylic oxidation sites excluding steroid dienone is 2. The molecule has 0 aromatic carbocycles. The average Bonchev–Trinajstić information content (AvgIpc) is 2.23. The fourth-order valence-corrected chi connectivity index (χ4v) is 18.2. The number of aliphatic hydroxyl groups excluding tert-OH is 12. The molecular weight excluding hydrogens is 1040 g/mol. The third-order valence-electron chi connectivity index (χ3n) is 23.5. The van der Waals surface area contributed by atoms with Crippen LogP contribution in [0.15, 0.2) is 11.6 Å². The van der Waals surface area contributed by atoms with Crippen molar-refractivity contribution in [3.63, 3.8) is 0 Å². The van der Waals surface area contributed by atoms with Crippen LogP contribution in [-0.2, 0) is 42.7 Å². The van der Waals surface area contributed by atoms with E-state index in [1.807, 2.05) is 0 Å². The topological polar surface area (TPSA) is 354 Å². The summed E-state index contributed by atoms with van der Waals surface area (Å²) in [4.78, 5) is 12.8. The highest BCUT2D eigenvalue weighted by Crippen LogP contribution is 2.84. The standard InChI is InChI=1S/C57H92O22/c1-23-33(61)36(64)40(68)47(72-23)79-45-42(76-48-41(69)37(65)34(62)27(21-58)73-48)35(63)28(22-59)74-50(45)78-44-39(67)38(66)43(46(70)71)77-49(44)75-32-13-14-54(7)29-12-11-25-26-19-51(2,3)20-31(60)53(26,6)15-16-55(25,8)57(29,10)56(9)18-24(56)17-30(54)52(32,4)5/h11,23-24,26-45,47-50,58-69H,12-22H2,1-10H3,(H,70,71)/t23-,24?,26?,27+,28+,29?,30?,31+,32-,33-,34+,35-,36+,37-,38-,39-,40+,41+,42-,43-,44+,45+,47?,48?,49?,50?,53+,54+,55+,56+,57+/m0/s1. The van der Waals surface area contributed by atoms with E-state index in [1.54, 1.807) is 0 Å². The largest absolute Gasteiger partial charge is 0.479 e. The van der Waals surface area contributed by atoms with E-state index in [0.717, 1.165) is 51.4 Å². The van der Waals surface area contributed by atoms with Crippen molar-refractivity contribution in [3.05, 3.63) is 11.6 Å². The summed E-state index contributed by atoms with van der Waals surface area (Å²) in [5.74, 6) is -0.610. The molecule has 5 saturated carbocycles. The Morgan fingerprint density at radius 2 is 1.16 bits per heavy atom. The maximum atomic E-state index is 12.8. The summed E-state index contributed by atoms with van der Waals surface area (Å²) in [7, 11) is 0. The smallest absolute Gasteiger partial charge is 0.335 e. The molecule has 22 nitrogen and oxygen atoms in total. The van der Waals surface area contributed by atoms with Crippen LogP contribution in [-0.4, -0.2) is 221 Å². The van der Waals surface area contributed by atoms with E-state index < -0.39 is 154 Å². The summed E-state index contributed by atoms with van der Waals surface area (Å²) >= 11 is 0. The Balaban J connectivity index is 0.975. The first-order valence-electron chi connectivity index (χ1n) is 29.0. The van der Waals surface area contributed by atoms with E-state index in [4.69, 9.17) is 37.9 Å². The molecule has 0 radical (unpaired) electrons. The van der Waals surface area contributed by atoms with Crippen LogP contribution in [0, 0.1) is 61.6 Å². The van der Waals surface area contributed by atoms with Crippen molar-refractivity contribution in [2.45, 2.75) is 262 Å². The zero-order chi connectivity index (χ0) is 57.8. The van der Waals surface area contributed by atoms with E-state index in [0.29, 0.717) is 12.3 Å². The van der Waals surface area contributed by atoms with Crippen LogP contribution >= 0.6 is 0 Å². The number of rotatable bonds is 11. The lowest BCUT2D eigenvalue weighted by Crippen LogP contribution is -2.69. The maximum absolute atomic E-state index is 12.8. The van der Waals surface area contributed by atoms with E-state index in [9.17, 15) is 71.2 Å². The summed E-state index contributed by atoms with van der Waals surface area (Å²) in [6.45, 7) is 20.9. The summed E-state index contributed by atoms with van der Waals surface area (Å²) in [5.41, 5.74) is 0.279. The lowest BCUT2D eigenvalue weighted by atomic mass is 9.35. The number of fused-ring (bicyclic) bond motifs is 9. The van der Waals surface area contributed by atoms with Crippen molar-refractivity contribution >= 4 is 5.97 Å². The fraction of sp³-hybridized carbons (Fsp3) is 0.947. The molecule has 8 unspecified atom stereocenters. The molecule has 9 fully saturated rings. The van der Waals surface area contributed by atoms with Gasteiger partial charge in [-0.2, -0.15) is 0 Å². The Hall–Kier alpha value is -1.59. The molecule has 6 aliphatic carbocycles. The molecule has 4 aliphatic heterocycles. The number of ether oxygens (including phenoxy) is 8. The second kappa shape index (κ2) is 20.8. The average molecular weight is 1130 g/mol. The molecule has 0 spiro atoms. The Morgan fingerprint density at radius 1 is 0.582 bits per heavy atom. The summed E-state index contributed by atoms with van der Waals surface area (Å²) in [6, 6.07) is 0.